The van der Waals surface area contributed by atoms with Crippen LogP contribution >= 0.6 is 0 Å². The molecule has 5 nitrogen and oxygen atoms in total. The molecule has 2 heterocycles. The van der Waals surface area contributed by atoms with Crippen molar-refractivity contribution in [1.82, 2.24) is 15.5 Å². The van der Waals surface area contributed by atoms with Crippen molar-refractivity contribution in [3.05, 3.63) is 0 Å². The van der Waals surface area contributed by atoms with Crippen LogP contribution in [0.4, 0.5) is 0 Å². The summed E-state index contributed by atoms with van der Waals surface area (Å²) in [7, 11) is 0. The van der Waals surface area contributed by atoms with Gasteiger partial charge in [0.25, 0.3) is 0 Å². The van der Waals surface area contributed by atoms with Gasteiger partial charge in [-0.2, -0.15) is 0 Å². The Bertz CT molecular complexity index is 397. The van der Waals surface area contributed by atoms with E-state index in [1.165, 1.54) is 6.42 Å². The van der Waals surface area contributed by atoms with E-state index in [1.807, 2.05) is 4.90 Å². The first-order chi connectivity index (χ1) is 11.0. The molecule has 2 aliphatic heterocycles. The van der Waals surface area contributed by atoms with Crippen LogP contribution in [0.15, 0.2) is 0 Å². The van der Waals surface area contributed by atoms with Gasteiger partial charge in [0, 0.05) is 31.5 Å². The molecular formula is C18H33N3O2. The molecule has 0 aromatic rings. The van der Waals surface area contributed by atoms with Crippen molar-refractivity contribution in [2.45, 2.75) is 58.9 Å². The number of likely N-dealkylation sites (tertiary alicyclic amines) is 1. The van der Waals surface area contributed by atoms with Crippen LogP contribution in [0.2, 0.25) is 0 Å². The molecule has 5 heteroatoms. The van der Waals surface area contributed by atoms with Gasteiger partial charge in [-0.05, 0) is 57.5 Å². The van der Waals surface area contributed by atoms with Gasteiger partial charge in [0.2, 0.25) is 11.8 Å². The zero-order valence-electron chi connectivity index (χ0n) is 14.9. The lowest BCUT2D eigenvalue weighted by molar-refractivity contribution is -0.136. The molecule has 2 unspecified atom stereocenters. The van der Waals surface area contributed by atoms with Gasteiger partial charge in [-0.25, -0.2) is 0 Å². The molecule has 0 radical (unpaired) electrons. The Morgan fingerprint density at radius 2 is 1.87 bits per heavy atom. The minimum absolute atomic E-state index is 0.0688. The molecule has 2 fully saturated rings. The third kappa shape index (κ3) is 5.48. The van der Waals surface area contributed by atoms with Crippen LogP contribution in [-0.4, -0.2) is 48.9 Å². The van der Waals surface area contributed by atoms with Crippen LogP contribution < -0.4 is 10.6 Å². The molecular weight excluding hydrogens is 290 g/mol. The van der Waals surface area contributed by atoms with E-state index in [0.29, 0.717) is 18.3 Å². The van der Waals surface area contributed by atoms with E-state index in [-0.39, 0.29) is 23.8 Å². The predicted molar refractivity (Wildman–Crippen MR) is 92.0 cm³/mol. The summed E-state index contributed by atoms with van der Waals surface area (Å²) >= 11 is 0. The Hall–Kier alpha value is -1.10. The molecule has 0 bridgehead atoms. The van der Waals surface area contributed by atoms with E-state index in [1.54, 1.807) is 0 Å². The Morgan fingerprint density at radius 1 is 1.17 bits per heavy atom. The molecule has 2 N–H and O–H groups in total. The highest BCUT2D eigenvalue weighted by molar-refractivity contribution is 5.80. The van der Waals surface area contributed by atoms with Crippen molar-refractivity contribution >= 4 is 11.8 Å². The first-order valence-corrected chi connectivity index (χ1v) is 9.26. The minimum Gasteiger partial charge on any atom is -0.353 e. The van der Waals surface area contributed by atoms with Gasteiger partial charge < -0.3 is 15.5 Å². The van der Waals surface area contributed by atoms with Crippen molar-refractivity contribution in [3.8, 4) is 0 Å². The summed E-state index contributed by atoms with van der Waals surface area (Å²) in [5.41, 5.74) is 0. The number of hydrogen-bond donors (Lipinski definition) is 2. The molecule has 2 aliphatic rings. The van der Waals surface area contributed by atoms with Crippen molar-refractivity contribution < 1.29 is 9.59 Å². The molecule has 2 atom stereocenters. The number of carbonyl (C=O) groups excluding carboxylic acids is 2. The first-order valence-electron chi connectivity index (χ1n) is 9.26. The van der Waals surface area contributed by atoms with Gasteiger partial charge in [0.1, 0.15) is 0 Å². The minimum atomic E-state index is 0.0688. The highest BCUT2D eigenvalue weighted by atomic mass is 16.2. The molecule has 2 amide bonds. The fourth-order valence-corrected chi connectivity index (χ4v) is 3.35. The number of carbonyl (C=O) groups is 2. The van der Waals surface area contributed by atoms with Gasteiger partial charge in [-0.3, -0.25) is 9.59 Å². The molecule has 23 heavy (non-hydrogen) atoms. The molecule has 2 saturated heterocycles. The molecule has 2 rings (SSSR count). The van der Waals surface area contributed by atoms with Crippen LogP contribution in [0.3, 0.4) is 0 Å². The summed E-state index contributed by atoms with van der Waals surface area (Å²) in [6.07, 6.45) is 4.45. The lowest BCUT2D eigenvalue weighted by Gasteiger charge is -2.32. The van der Waals surface area contributed by atoms with Gasteiger partial charge in [0.15, 0.2) is 0 Å². The average molecular weight is 323 g/mol. The maximum atomic E-state index is 12.3. The predicted octanol–water partition coefficient (Wildman–Crippen LogP) is 1.78. The summed E-state index contributed by atoms with van der Waals surface area (Å²) in [6.45, 7) is 9.90. The molecule has 132 valence electrons. The van der Waals surface area contributed by atoms with Gasteiger partial charge in [-0.15, -0.1) is 0 Å². The van der Waals surface area contributed by atoms with Crippen molar-refractivity contribution in [1.29, 1.82) is 0 Å². The molecule has 0 saturated carbocycles. The van der Waals surface area contributed by atoms with Crippen LogP contribution in [0, 0.1) is 17.8 Å². The topological polar surface area (TPSA) is 61.4 Å². The fourth-order valence-electron chi connectivity index (χ4n) is 3.35. The van der Waals surface area contributed by atoms with Gasteiger partial charge in [-0.1, -0.05) is 13.8 Å². The number of rotatable bonds is 6. The summed E-state index contributed by atoms with van der Waals surface area (Å²) in [5, 5.41) is 6.45. The summed E-state index contributed by atoms with van der Waals surface area (Å²) in [5.74, 6) is 1.62. The van der Waals surface area contributed by atoms with E-state index >= 15 is 0 Å². The van der Waals surface area contributed by atoms with Crippen LogP contribution in [0.5, 0.6) is 0 Å². The van der Waals surface area contributed by atoms with E-state index in [2.05, 4.69) is 31.4 Å². The van der Waals surface area contributed by atoms with Crippen LogP contribution in [0.1, 0.15) is 52.9 Å². The summed E-state index contributed by atoms with van der Waals surface area (Å²) in [4.78, 5) is 26.5. The molecule has 0 aromatic carbocycles. The zero-order valence-corrected chi connectivity index (χ0v) is 14.9. The zero-order chi connectivity index (χ0) is 16.8. The van der Waals surface area contributed by atoms with Crippen molar-refractivity contribution in [2.24, 2.45) is 17.8 Å². The highest BCUT2D eigenvalue weighted by Gasteiger charge is 2.28. The second kappa shape index (κ2) is 8.67. The molecule has 0 spiro atoms. The lowest BCUT2D eigenvalue weighted by Crippen LogP contribution is -2.45. The van der Waals surface area contributed by atoms with Gasteiger partial charge in [0.05, 0.1) is 0 Å². The number of piperidine rings is 1. The Kier molecular flexibility index (Phi) is 6.88. The van der Waals surface area contributed by atoms with Crippen molar-refractivity contribution in [2.75, 3.05) is 26.2 Å². The van der Waals surface area contributed by atoms with Crippen molar-refractivity contribution in [3.63, 3.8) is 0 Å². The summed E-state index contributed by atoms with van der Waals surface area (Å²) in [6, 6.07) is 0.210. The second-order valence-corrected chi connectivity index (χ2v) is 7.59. The Balaban J connectivity index is 1.68. The Labute approximate surface area is 140 Å². The number of nitrogens with one attached hydrogen (secondary N) is 2. The van der Waals surface area contributed by atoms with Gasteiger partial charge >= 0.3 is 0 Å². The SMILES string of the molecule is CC(C)C(C)NC(=O)C1CCN(C(=O)CCC2CCNC2)CC1. The Morgan fingerprint density at radius 3 is 2.43 bits per heavy atom. The van der Waals surface area contributed by atoms with Crippen LogP contribution in [0.25, 0.3) is 0 Å². The van der Waals surface area contributed by atoms with E-state index in [4.69, 9.17) is 0 Å². The normalized spacial score (nSPS) is 24.0. The monoisotopic (exact) mass is 323 g/mol. The number of nitrogens with zero attached hydrogens (tertiary/aromatic N) is 1. The largest absolute Gasteiger partial charge is 0.353 e. The van der Waals surface area contributed by atoms with E-state index in [0.717, 1.165) is 45.4 Å². The molecule has 0 aromatic heterocycles. The maximum Gasteiger partial charge on any atom is 0.223 e. The number of hydrogen-bond acceptors (Lipinski definition) is 3. The summed E-state index contributed by atoms with van der Waals surface area (Å²) < 4.78 is 0. The maximum absolute atomic E-state index is 12.3. The lowest BCUT2D eigenvalue weighted by atomic mass is 9.94. The van der Waals surface area contributed by atoms with E-state index in [9.17, 15) is 9.59 Å². The fraction of sp³-hybridized carbons (Fsp3) is 0.889. The van der Waals surface area contributed by atoms with Crippen LogP contribution in [-0.2, 0) is 9.59 Å². The highest BCUT2D eigenvalue weighted by Crippen LogP contribution is 2.21. The first kappa shape index (κ1) is 18.2. The standard InChI is InChI=1S/C18H33N3O2/c1-13(2)14(3)20-18(23)16-7-10-21(11-8-16)17(22)5-4-15-6-9-19-12-15/h13-16,19H,4-12H2,1-3H3,(H,20,23). The average Bonchev–Trinajstić information content (AvgIpc) is 3.06. The third-order valence-electron chi connectivity index (χ3n) is 5.52. The van der Waals surface area contributed by atoms with E-state index < -0.39 is 0 Å². The third-order valence-corrected chi connectivity index (χ3v) is 5.52. The number of amides is 2. The molecule has 0 aliphatic carbocycles. The quantitative estimate of drug-likeness (QED) is 0.783. The smallest absolute Gasteiger partial charge is 0.223 e. The second-order valence-electron chi connectivity index (χ2n) is 7.59.